The van der Waals surface area contributed by atoms with Crippen LogP contribution in [0, 0.1) is 12.3 Å². The minimum absolute atomic E-state index is 0.315. The molecule has 0 unspecified atom stereocenters. The van der Waals surface area contributed by atoms with Crippen molar-refractivity contribution in [1.29, 1.82) is 0 Å². The molecule has 1 aliphatic heterocycles. The van der Waals surface area contributed by atoms with Crippen LogP contribution in [0.1, 0.15) is 49.3 Å². The fraction of sp³-hybridized carbons (Fsp3) is 0.448. The monoisotopic (exact) mass is 542 g/mol. The molecule has 2 aromatic carbocycles. The molecule has 0 bridgehead atoms. The fourth-order valence-electron chi connectivity index (χ4n) is 5.15. The number of aryl methyl sites for hydroxylation is 1. The number of aromatic nitrogens is 1. The Morgan fingerprint density at radius 2 is 2.00 bits per heavy atom. The lowest BCUT2D eigenvalue weighted by Gasteiger charge is -2.39. The molecule has 0 radical (unpaired) electrons. The number of pyridine rings is 1. The number of ether oxygens (including phenoxy) is 1. The Morgan fingerprint density at radius 1 is 1.24 bits per heavy atom. The van der Waals surface area contributed by atoms with E-state index in [0.717, 1.165) is 37.2 Å². The number of piperidine rings is 1. The Bertz CT molecular complexity index is 1230. The van der Waals surface area contributed by atoms with Gasteiger partial charge in [-0.15, -0.1) is 11.8 Å². The van der Waals surface area contributed by atoms with Crippen LogP contribution in [-0.4, -0.2) is 58.6 Å². The zero-order valence-electron chi connectivity index (χ0n) is 21.5. The lowest BCUT2D eigenvalue weighted by atomic mass is 9.74. The van der Waals surface area contributed by atoms with E-state index >= 15 is 0 Å². The normalized spacial score (nSPS) is 16.5. The Balaban J connectivity index is 1.33. The molecule has 1 saturated heterocycles. The van der Waals surface area contributed by atoms with Crippen molar-refractivity contribution in [2.75, 3.05) is 32.5 Å². The number of methoxy groups -OCH3 is 1. The van der Waals surface area contributed by atoms with Crippen molar-refractivity contribution in [3.63, 3.8) is 0 Å². The van der Waals surface area contributed by atoms with Gasteiger partial charge in [-0.1, -0.05) is 29.8 Å². The van der Waals surface area contributed by atoms with E-state index in [1.165, 1.54) is 16.7 Å². The van der Waals surface area contributed by atoms with Crippen LogP contribution in [0.3, 0.4) is 0 Å². The summed E-state index contributed by atoms with van der Waals surface area (Å²) in [5.41, 5.74) is 1.76. The highest BCUT2D eigenvalue weighted by atomic mass is 35.5. The Labute approximate surface area is 228 Å². The quantitative estimate of drug-likeness (QED) is 0.215. The zero-order valence-corrected chi connectivity index (χ0v) is 23.0. The number of aliphatic hydroxyl groups is 1. The van der Waals surface area contributed by atoms with Crippen molar-refractivity contribution in [2.45, 2.75) is 50.0 Å². The van der Waals surface area contributed by atoms with Crippen LogP contribution < -0.4 is 4.74 Å². The molecular weight excluding hydrogens is 508 g/mol. The van der Waals surface area contributed by atoms with Gasteiger partial charge in [0.15, 0.2) is 0 Å². The van der Waals surface area contributed by atoms with Gasteiger partial charge in [-0.2, -0.15) is 0 Å². The molecule has 1 atom stereocenters. The zero-order chi connectivity index (χ0) is 26.4. The molecule has 6 nitrogen and oxygen atoms in total. The molecule has 1 aliphatic rings. The number of thioether (sulfide) groups is 1. The summed E-state index contributed by atoms with van der Waals surface area (Å²) < 4.78 is 5.34. The number of aliphatic hydroxyl groups excluding tert-OH is 1. The topological polar surface area (TPSA) is 82.9 Å². The van der Waals surface area contributed by atoms with Crippen LogP contribution in [0.2, 0.25) is 5.02 Å². The first kappa shape index (κ1) is 27.7. The van der Waals surface area contributed by atoms with E-state index in [1.807, 2.05) is 30.0 Å². The van der Waals surface area contributed by atoms with Gasteiger partial charge in [0, 0.05) is 22.0 Å². The standard InChI is InChI=1S/C29H35ClN2O4S/c1-20-6-3-4-7-26(20)37-17-5-14-32-15-12-29(13-16-32,28(34)35)11-10-25(33)27-22-18-21(36-2)8-9-24(22)31-19-23(27)30/h3-4,6-9,18-19,25,33H,5,10-17H2,1-2H3,(H,34,35)/t25-/m1/s1. The number of nitrogens with zero attached hydrogens (tertiary/aromatic N) is 2. The molecule has 198 valence electrons. The van der Waals surface area contributed by atoms with E-state index in [-0.39, 0.29) is 0 Å². The van der Waals surface area contributed by atoms with Gasteiger partial charge in [-0.3, -0.25) is 9.78 Å². The molecule has 1 fully saturated rings. The number of hydrogen-bond donors (Lipinski definition) is 2. The Hall–Kier alpha value is -2.32. The molecule has 2 N–H and O–H groups in total. The summed E-state index contributed by atoms with van der Waals surface area (Å²) in [7, 11) is 1.58. The maximum Gasteiger partial charge on any atom is 0.309 e. The first-order valence-electron chi connectivity index (χ1n) is 12.8. The lowest BCUT2D eigenvalue weighted by Crippen LogP contribution is -2.44. The highest BCUT2D eigenvalue weighted by Gasteiger charge is 2.41. The second-order valence-electron chi connectivity index (χ2n) is 9.85. The van der Waals surface area contributed by atoms with E-state index in [4.69, 9.17) is 16.3 Å². The molecule has 0 amide bonds. The van der Waals surface area contributed by atoms with Gasteiger partial charge in [0.05, 0.1) is 29.2 Å². The summed E-state index contributed by atoms with van der Waals surface area (Å²) in [5.74, 6) is 0.918. The number of benzene rings is 2. The smallest absolute Gasteiger partial charge is 0.309 e. The largest absolute Gasteiger partial charge is 0.497 e. The summed E-state index contributed by atoms with van der Waals surface area (Å²) in [4.78, 5) is 20.4. The Kier molecular flexibility index (Phi) is 9.35. The predicted molar refractivity (Wildman–Crippen MR) is 150 cm³/mol. The van der Waals surface area contributed by atoms with Crippen molar-refractivity contribution in [2.24, 2.45) is 5.41 Å². The van der Waals surface area contributed by atoms with Crippen molar-refractivity contribution >= 4 is 40.2 Å². The van der Waals surface area contributed by atoms with E-state index in [2.05, 4.69) is 41.1 Å². The first-order chi connectivity index (χ1) is 17.8. The van der Waals surface area contributed by atoms with Crippen LogP contribution in [0.4, 0.5) is 0 Å². The minimum Gasteiger partial charge on any atom is -0.497 e. The third kappa shape index (κ3) is 6.58. The predicted octanol–water partition coefficient (Wildman–Crippen LogP) is 6.37. The number of carbonyl (C=O) groups is 1. The average Bonchev–Trinajstić information content (AvgIpc) is 2.90. The van der Waals surface area contributed by atoms with Crippen molar-refractivity contribution in [1.82, 2.24) is 9.88 Å². The van der Waals surface area contributed by atoms with Crippen molar-refractivity contribution in [3.8, 4) is 5.75 Å². The minimum atomic E-state index is -0.891. The average molecular weight is 543 g/mol. The number of carboxylic acids is 1. The summed E-state index contributed by atoms with van der Waals surface area (Å²) in [6, 6.07) is 13.9. The molecule has 4 rings (SSSR count). The maximum absolute atomic E-state index is 12.4. The molecule has 2 heterocycles. The van der Waals surface area contributed by atoms with Gasteiger partial charge in [0.2, 0.25) is 0 Å². The van der Waals surface area contributed by atoms with Crippen molar-refractivity contribution in [3.05, 3.63) is 64.8 Å². The van der Waals surface area contributed by atoms with Crippen LogP contribution >= 0.6 is 23.4 Å². The van der Waals surface area contributed by atoms with Gasteiger partial charge < -0.3 is 19.8 Å². The SMILES string of the molecule is COc1ccc2ncc(Cl)c([C@H](O)CCC3(C(=O)O)CCN(CCCSc4ccccc4C)CC3)c2c1. The molecule has 8 heteroatoms. The molecule has 1 aromatic heterocycles. The lowest BCUT2D eigenvalue weighted by molar-refractivity contribution is -0.153. The molecule has 0 aliphatic carbocycles. The van der Waals surface area contributed by atoms with Gasteiger partial charge >= 0.3 is 5.97 Å². The molecule has 0 spiro atoms. The van der Waals surface area contributed by atoms with Crippen LogP contribution in [-0.2, 0) is 4.79 Å². The van der Waals surface area contributed by atoms with Gasteiger partial charge in [0.1, 0.15) is 5.75 Å². The number of hydrogen-bond acceptors (Lipinski definition) is 6. The number of likely N-dealkylation sites (tertiary alicyclic amines) is 1. The Morgan fingerprint density at radius 3 is 2.70 bits per heavy atom. The second kappa shape index (κ2) is 12.5. The molecule has 0 saturated carbocycles. The second-order valence-corrected chi connectivity index (χ2v) is 11.4. The summed E-state index contributed by atoms with van der Waals surface area (Å²) in [6.07, 6.45) is 3.59. The molecule has 3 aromatic rings. The fourth-order valence-corrected chi connectivity index (χ4v) is 6.40. The molecular formula is C29H35ClN2O4S. The van der Waals surface area contributed by atoms with Gasteiger partial charge in [0.25, 0.3) is 0 Å². The summed E-state index contributed by atoms with van der Waals surface area (Å²) in [5, 5.41) is 22.4. The summed E-state index contributed by atoms with van der Waals surface area (Å²) >= 11 is 8.33. The van der Waals surface area contributed by atoms with Crippen molar-refractivity contribution < 1.29 is 19.7 Å². The van der Waals surface area contributed by atoms with Gasteiger partial charge in [-0.05, 0) is 94.2 Å². The van der Waals surface area contributed by atoms with E-state index in [1.54, 1.807) is 7.11 Å². The van der Waals surface area contributed by atoms with E-state index < -0.39 is 17.5 Å². The first-order valence-corrected chi connectivity index (χ1v) is 14.1. The van der Waals surface area contributed by atoms with Crippen LogP contribution in [0.15, 0.2) is 53.6 Å². The van der Waals surface area contributed by atoms with Crippen LogP contribution in [0.5, 0.6) is 5.75 Å². The third-order valence-electron chi connectivity index (χ3n) is 7.53. The number of aliphatic carboxylic acids is 1. The van der Waals surface area contributed by atoms with Gasteiger partial charge in [-0.25, -0.2) is 0 Å². The molecule has 37 heavy (non-hydrogen) atoms. The van der Waals surface area contributed by atoms with Crippen LogP contribution in [0.25, 0.3) is 10.9 Å². The number of halogens is 1. The maximum atomic E-state index is 12.4. The highest BCUT2D eigenvalue weighted by Crippen LogP contribution is 2.41. The number of fused-ring (bicyclic) bond motifs is 1. The third-order valence-corrected chi connectivity index (χ3v) is 9.10. The van der Waals surface area contributed by atoms with E-state index in [9.17, 15) is 15.0 Å². The summed E-state index contributed by atoms with van der Waals surface area (Å²) in [6.45, 7) is 4.62. The van der Waals surface area contributed by atoms with E-state index in [0.29, 0.717) is 47.5 Å². The highest BCUT2D eigenvalue weighted by molar-refractivity contribution is 7.99. The number of carboxylic acid groups (broad SMARTS) is 1. The number of rotatable bonds is 11.